The predicted molar refractivity (Wildman–Crippen MR) is 84.2 cm³/mol. The first-order chi connectivity index (χ1) is 10.9. The molecular formula is C15H9BrFN3O3. The van der Waals surface area contributed by atoms with E-state index in [0.29, 0.717) is 10.1 Å². The molecule has 0 spiro atoms. The van der Waals surface area contributed by atoms with Crippen molar-refractivity contribution in [2.24, 2.45) is 0 Å². The van der Waals surface area contributed by atoms with Gasteiger partial charge in [0, 0.05) is 16.9 Å². The first-order valence-corrected chi connectivity index (χ1v) is 7.22. The summed E-state index contributed by atoms with van der Waals surface area (Å²) in [6.45, 7) is 0. The summed E-state index contributed by atoms with van der Waals surface area (Å²) in [5.74, 6) is -2.21. The van der Waals surface area contributed by atoms with E-state index >= 15 is 0 Å². The van der Waals surface area contributed by atoms with Crippen LogP contribution in [0.1, 0.15) is 20.8 Å². The van der Waals surface area contributed by atoms with Crippen LogP contribution in [0, 0.1) is 5.82 Å². The normalized spacial score (nSPS) is 10.7. The Labute approximate surface area is 137 Å². The van der Waals surface area contributed by atoms with E-state index in [0.717, 1.165) is 0 Å². The number of carboxylic acids is 1. The fraction of sp³-hybridized carbons (Fsp3) is 0. The summed E-state index contributed by atoms with van der Waals surface area (Å²) in [6.07, 6.45) is 2.56. The number of hydrogen-bond acceptors (Lipinski definition) is 3. The Kier molecular flexibility index (Phi) is 3.83. The second kappa shape index (κ2) is 5.81. The van der Waals surface area contributed by atoms with Gasteiger partial charge in [0.1, 0.15) is 17.2 Å². The smallest absolute Gasteiger partial charge is 0.337 e. The number of hydrogen-bond donors (Lipinski definition) is 2. The van der Waals surface area contributed by atoms with Crippen molar-refractivity contribution < 1.29 is 19.1 Å². The van der Waals surface area contributed by atoms with Gasteiger partial charge in [-0.1, -0.05) is 15.9 Å². The van der Waals surface area contributed by atoms with E-state index in [1.807, 2.05) is 0 Å². The molecule has 0 atom stereocenters. The van der Waals surface area contributed by atoms with Crippen LogP contribution in [0.2, 0.25) is 0 Å². The van der Waals surface area contributed by atoms with Crippen LogP contribution in [0.3, 0.4) is 0 Å². The molecule has 0 saturated carbocycles. The van der Waals surface area contributed by atoms with Gasteiger partial charge in [-0.3, -0.25) is 4.79 Å². The molecule has 1 amide bonds. The molecular weight excluding hydrogens is 369 g/mol. The van der Waals surface area contributed by atoms with Crippen LogP contribution in [-0.4, -0.2) is 26.4 Å². The number of imidazole rings is 1. The third kappa shape index (κ3) is 3.07. The lowest BCUT2D eigenvalue weighted by Gasteiger charge is -2.07. The molecule has 0 aliphatic rings. The Morgan fingerprint density at radius 1 is 1.22 bits per heavy atom. The summed E-state index contributed by atoms with van der Waals surface area (Å²) < 4.78 is 15.1. The van der Waals surface area contributed by atoms with Gasteiger partial charge in [0.25, 0.3) is 5.91 Å². The quantitative estimate of drug-likeness (QED) is 0.733. The van der Waals surface area contributed by atoms with Crippen molar-refractivity contribution in [2.75, 3.05) is 5.32 Å². The number of nitrogens with one attached hydrogen (secondary N) is 1. The SMILES string of the molecule is O=C(Nc1ccc(Br)cc1C(=O)O)c1cn2cc(F)ccc2n1. The molecule has 2 N–H and O–H groups in total. The number of pyridine rings is 1. The number of carboxylic acid groups (broad SMARTS) is 1. The maximum atomic E-state index is 13.2. The number of aromatic nitrogens is 2. The number of nitrogens with zero attached hydrogens (tertiary/aromatic N) is 2. The summed E-state index contributed by atoms with van der Waals surface area (Å²) in [5, 5.41) is 11.7. The molecule has 0 aliphatic heterocycles. The third-order valence-electron chi connectivity index (χ3n) is 3.11. The molecule has 0 unspecified atom stereocenters. The summed E-state index contributed by atoms with van der Waals surface area (Å²) in [6, 6.07) is 7.15. The Hall–Kier alpha value is -2.74. The van der Waals surface area contributed by atoms with Gasteiger partial charge in [0.15, 0.2) is 0 Å². The Morgan fingerprint density at radius 3 is 2.74 bits per heavy atom. The highest BCUT2D eigenvalue weighted by Gasteiger charge is 2.16. The number of carbonyl (C=O) groups excluding carboxylic acids is 1. The summed E-state index contributed by atoms with van der Waals surface area (Å²) in [4.78, 5) is 27.5. The minimum absolute atomic E-state index is 0.0508. The average Bonchev–Trinajstić information content (AvgIpc) is 2.92. The first-order valence-electron chi connectivity index (χ1n) is 6.42. The topological polar surface area (TPSA) is 83.7 Å². The molecule has 2 heterocycles. The molecule has 0 fully saturated rings. The lowest BCUT2D eigenvalue weighted by molar-refractivity contribution is 0.0698. The fourth-order valence-electron chi connectivity index (χ4n) is 2.06. The van der Waals surface area contributed by atoms with Gasteiger partial charge in [-0.2, -0.15) is 0 Å². The van der Waals surface area contributed by atoms with Gasteiger partial charge < -0.3 is 14.8 Å². The first kappa shape index (κ1) is 15.2. The van der Waals surface area contributed by atoms with Crippen LogP contribution >= 0.6 is 15.9 Å². The highest BCUT2D eigenvalue weighted by molar-refractivity contribution is 9.10. The molecule has 23 heavy (non-hydrogen) atoms. The largest absolute Gasteiger partial charge is 0.478 e. The van der Waals surface area contributed by atoms with Crippen LogP contribution in [-0.2, 0) is 0 Å². The van der Waals surface area contributed by atoms with E-state index in [1.54, 1.807) is 6.07 Å². The number of halogens is 2. The summed E-state index contributed by atoms with van der Waals surface area (Å²) >= 11 is 3.18. The Balaban J connectivity index is 1.93. The second-order valence-electron chi connectivity index (χ2n) is 4.69. The molecule has 8 heteroatoms. The van der Waals surface area contributed by atoms with Crippen molar-refractivity contribution in [1.82, 2.24) is 9.38 Å². The molecule has 1 aromatic carbocycles. The van der Waals surface area contributed by atoms with E-state index in [1.165, 1.54) is 41.1 Å². The molecule has 116 valence electrons. The standard InChI is InChI=1S/C15H9BrFN3O3/c16-8-1-3-11(10(5-8)15(22)23)19-14(21)12-7-20-6-9(17)2-4-13(20)18-12/h1-7H,(H,19,21)(H,22,23). The fourth-order valence-corrected chi connectivity index (χ4v) is 2.42. The molecule has 0 aliphatic carbocycles. The molecule has 0 bridgehead atoms. The van der Waals surface area contributed by atoms with Crippen molar-refractivity contribution in [3.8, 4) is 0 Å². The Bertz CT molecular complexity index is 939. The minimum Gasteiger partial charge on any atom is -0.478 e. The lowest BCUT2D eigenvalue weighted by Crippen LogP contribution is -2.15. The maximum Gasteiger partial charge on any atom is 0.337 e. The highest BCUT2D eigenvalue weighted by atomic mass is 79.9. The van der Waals surface area contributed by atoms with Crippen molar-refractivity contribution >= 4 is 39.1 Å². The van der Waals surface area contributed by atoms with Crippen LogP contribution in [0.5, 0.6) is 0 Å². The monoisotopic (exact) mass is 377 g/mol. The molecule has 2 aromatic heterocycles. The summed E-state index contributed by atoms with van der Waals surface area (Å²) in [7, 11) is 0. The zero-order valence-electron chi connectivity index (χ0n) is 11.5. The number of fused-ring (bicyclic) bond motifs is 1. The summed E-state index contributed by atoms with van der Waals surface area (Å²) in [5.41, 5.74) is 0.553. The number of carbonyl (C=O) groups is 2. The van der Waals surface area contributed by atoms with Crippen LogP contribution in [0.15, 0.2) is 47.2 Å². The number of rotatable bonds is 3. The van der Waals surface area contributed by atoms with Crippen LogP contribution in [0.4, 0.5) is 10.1 Å². The van der Waals surface area contributed by atoms with Crippen molar-refractivity contribution in [3.05, 3.63) is 64.3 Å². The highest BCUT2D eigenvalue weighted by Crippen LogP contribution is 2.22. The van der Waals surface area contributed by atoms with Crippen LogP contribution < -0.4 is 5.32 Å². The molecule has 3 aromatic rings. The van der Waals surface area contributed by atoms with Gasteiger partial charge in [-0.25, -0.2) is 14.2 Å². The minimum atomic E-state index is -1.17. The number of aromatic carboxylic acids is 1. The van der Waals surface area contributed by atoms with E-state index in [-0.39, 0.29) is 16.9 Å². The zero-order chi connectivity index (χ0) is 16.6. The van der Waals surface area contributed by atoms with Gasteiger partial charge in [-0.05, 0) is 30.3 Å². The zero-order valence-corrected chi connectivity index (χ0v) is 13.0. The molecule has 6 nitrogen and oxygen atoms in total. The van der Waals surface area contributed by atoms with Crippen molar-refractivity contribution in [1.29, 1.82) is 0 Å². The van der Waals surface area contributed by atoms with Gasteiger partial charge in [-0.15, -0.1) is 0 Å². The van der Waals surface area contributed by atoms with Crippen molar-refractivity contribution in [3.63, 3.8) is 0 Å². The molecule has 0 radical (unpaired) electrons. The Morgan fingerprint density at radius 2 is 2.00 bits per heavy atom. The van der Waals surface area contributed by atoms with Crippen molar-refractivity contribution in [2.45, 2.75) is 0 Å². The van der Waals surface area contributed by atoms with Crippen LogP contribution in [0.25, 0.3) is 5.65 Å². The number of benzene rings is 1. The van der Waals surface area contributed by atoms with E-state index in [2.05, 4.69) is 26.2 Å². The molecule has 0 saturated heterocycles. The van der Waals surface area contributed by atoms with Gasteiger partial charge >= 0.3 is 5.97 Å². The number of anilines is 1. The van der Waals surface area contributed by atoms with Gasteiger partial charge in [0.2, 0.25) is 0 Å². The lowest BCUT2D eigenvalue weighted by atomic mass is 10.2. The number of amides is 1. The second-order valence-corrected chi connectivity index (χ2v) is 5.60. The van der Waals surface area contributed by atoms with E-state index < -0.39 is 17.7 Å². The predicted octanol–water partition coefficient (Wildman–Crippen LogP) is 3.19. The van der Waals surface area contributed by atoms with Gasteiger partial charge in [0.05, 0.1) is 11.3 Å². The third-order valence-corrected chi connectivity index (χ3v) is 3.60. The maximum absolute atomic E-state index is 13.2. The average molecular weight is 378 g/mol. The van der Waals surface area contributed by atoms with E-state index in [4.69, 9.17) is 0 Å². The molecule has 3 rings (SSSR count). The van der Waals surface area contributed by atoms with E-state index in [9.17, 15) is 19.1 Å².